The van der Waals surface area contributed by atoms with Gasteiger partial charge in [0.05, 0.1) is 5.69 Å². The number of amides is 1. The second-order valence-corrected chi connectivity index (χ2v) is 6.14. The second-order valence-electron chi connectivity index (χ2n) is 6.14. The maximum absolute atomic E-state index is 12.0. The molecular weight excluding hydrogens is 361 g/mol. The van der Waals surface area contributed by atoms with Crippen molar-refractivity contribution in [2.75, 3.05) is 6.54 Å². The molecule has 7 heteroatoms. The lowest BCUT2D eigenvalue weighted by Crippen LogP contribution is -2.41. The summed E-state index contributed by atoms with van der Waals surface area (Å²) in [7, 11) is 0. The van der Waals surface area contributed by atoms with Crippen molar-refractivity contribution in [3.63, 3.8) is 0 Å². The SMILES string of the molecule is Cc1nc(CCC(=O)NC(CN)C2CC2)oc1-c1ccccc1.Cl.Cl. The Balaban J connectivity index is 0.00000156. The number of nitrogens with one attached hydrogen (secondary N) is 1. The molecule has 1 heterocycles. The second kappa shape index (κ2) is 9.80. The van der Waals surface area contributed by atoms with Crippen LogP contribution in [-0.4, -0.2) is 23.5 Å². The Kier molecular flexibility index (Phi) is 8.42. The van der Waals surface area contributed by atoms with Crippen molar-refractivity contribution in [1.82, 2.24) is 10.3 Å². The van der Waals surface area contributed by atoms with E-state index in [0.717, 1.165) is 17.0 Å². The van der Waals surface area contributed by atoms with Gasteiger partial charge in [-0.25, -0.2) is 4.98 Å². The van der Waals surface area contributed by atoms with Gasteiger partial charge in [-0.1, -0.05) is 30.3 Å². The minimum atomic E-state index is 0. The van der Waals surface area contributed by atoms with Crippen LogP contribution in [0.2, 0.25) is 0 Å². The molecule has 1 unspecified atom stereocenters. The van der Waals surface area contributed by atoms with Gasteiger partial charge >= 0.3 is 0 Å². The minimum absolute atomic E-state index is 0. The standard InChI is InChI=1S/C18H23N3O2.2ClH/c1-12-18(14-5-3-2-4-6-14)23-17(20-12)10-9-16(22)21-15(11-19)13-7-8-13;;/h2-6,13,15H,7-11,19H2,1H3,(H,21,22);2*1H. The van der Waals surface area contributed by atoms with Gasteiger partial charge in [-0.15, -0.1) is 24.8 Å². The molecule has 0 bridgehead atoms. The van der Waals surface area contributed by atoms with Crippen molar-refractivity contribution in [3.05, 3.63) is 41.9 Å². The number of rotatable bonds is 7. The average Bonchev–Trinajstić information content (AvgIpc) is 3.34. The van der Waals surface area contributed by atoms with E-state index in [4.69, 9.17) is 10.2 Å². The zero-order valence-corrected chi connectivity index (χ0v) is 15.9. The van der Waals surface area contributed by atoms with E-state index >= 15 is 0 Å². The average molecular weight is 386 g/mol. The van der Waals surface area contributed by atoms with Gasteiger partial charge in [0.1, 0.15) is 0 Å². The first-order valence-electron chi connectivity index (χ1n) is 8.18. The van der Waals surface area contributed by atoms with E-state index in [0.29, 0.717) is 31.2 Å². The molecule has 1 fully saturated rings. The lowest BCUT2D eigenvalue weighted by Gasteiger charge is -2.15. The molecule has 1 aromatic carbocycles. The van der Waals surface area contributed by atoms with Crippen molar-refractivity contribution >= 4 is 30.7 Å². The third kappa shape index (κ3) is 5.73. The molecule has 3 rings (SSSR count). The van der Waals surface area contributed by atoms with Crippen LogP contribution in [0, 0.1) is 12.8 Å². The van der Waals surface area contributed by atoms with E-state index in [1.807, 2.05) is 37.3 Å². The molecular formula is C18H25Cl2N3O2. The highest BCUT2D eigenvalue weighted by atomic mass is 35.5. The van der Waals surface area contributed by atoms with Gasteiger partial charge in [-0.05, 0) is 25.7 Å². The minimum Gasteiger partial charge on any atom is -0.440 e. The number of aryl methyl sites for hydroxylation is 2. The summed E-state index contributed by atoms with van der Waals surface area (Å²) >= 11 is 0. The maximum atomic E-state index is 12.0. The fourth-order valence-corrected chi connectivity index (χ4v) is 2.78. The topological polar surface area (TPSA) is 81.2 Å². The van der Waals surface area contributed by atoms with Crippen LogP contribution in [0.1, 0.15) is 30.8 Å². The molecule has 138 valence electrons. The van der Waals surface area contributed by atoms with E-state index in [-0.39, 0.29) is 36.8 Å². The molecule has 0 spiro atoms. The summed E-state index contributed by atoms with van der Waals surface area (Å²) in [5.41, 5.74) is 7.57. The van der Waals surface area contributed by atoms with Crippen LogP contribution in [0.5, 0.6) is 0 Å². The Bertz CT molecular complexity index is 672. The van der Waals surface area contributed by atoms with E-state index in [1.165, 1.54) is 12.8 Å². The number of hydrogen-bond acceptors (Lipinski definition) is 4. The van der Waals surface area contributed by atoms with Crippen LogP contribution >= 0.6 is 24.8 Å². The summed E-state index contributed by atoms with van der Waals surface area (Å²) in [6.07, 6.45) is 3.21. The number of halogens is 2. The predicted molar refractivity (Wildman–Crippen MR) is 103 cm³/mol. The normalized spacial score (nSPS) is 14.2. The molecule has 1 amide bonds. The van der Waals surface area contributed by atoms with Gasteiger partial charge in [0.25, 0.3) is 0 Å². The zero-order chi connectivity index (χ0) is 16.2. The first kappa shape index (κ1) is 21.5. The monoisotopic (exact) mass is 385 g/mol. The fraction of sp³-hybridized carbons (Fsp3) is 0.444. The molecule has 1 aliphatic carbocycles. The summed E-state index contributed by atoms with van der Waals surface area (Å²) in [5, 5.41) is 3.02. The van der Waals surface area contributed by atoms with Crippen molar-refractivity contribution in [1.29, 1.82) is 0 Å². The largest absolute Gasteiger partial charge is 0.440 e. The van der Waals surface area contributed by atoms with Crippen LogP contribution in [0.25, 0.3) is 11.3 Å². The summed E-state index contributed by atoms with van der Waals surface area (Å²) in [5.74, 6) is 1.97. The van der Waals surface area contributed by atoms with E-state index in [2.05, 4.69) is 10.3 Å². The van der Waals surface area contributed by atoms with Gasteiger partial charge in [0.2, 0.25) is 5.91 Å². The number of nitrogens with two attached hydrogens (primary N) is 1. The molecule has 1 saturated carbocycles. The molecule has 3 N–H and O–H groups in total. The van der Waals surface area contributed by atoms with Crippen molar-refractivity contribution in [3.8, 4) is 11.3 Å². The molecule has 1 aromatic heterocycles. The number of carbonyl (C=O) groups is 1. The quantitative estimate of drug-likeness (QED) is 0.765. The summed E-state index contributed by atoms with van der Waals surface area (Å²) in [6, 6.07) is 10.0. The summed E-state index contributed by atoms with van der Waals surface area (Å²) < 4.78 is 5.83. The number of benzene rings is 1. The highest BCUT2D eigenvalue weighted by molar-refractivity contribution is 5.85. The summed E-state index contributed by atoms with van der Waals surface area (Å²) in [6.45, 7) is 2.43. The van der Waals surface area contributed by atoms with Crippen LogP contribution in [0.3, 0.4) is 0 Å². The van der Waals surface area contributed by atoms with Crippen molar-refractivity contribution in [2.24, 2.45) is 11.7 Å². The fourth-order valence-electron chi connectivity index (χ4n) is 2.78. The third-order valence-electron chi connectivity index (χ3n) is 4.23. The van der Waals surface area contributed by atoms with Gasteiger partial charge in [-0.2, -0.15) is 0 Å². The molecule has 5 nitrogen and oxygen atoms in total. The van der Waals surface area contributed by atoms with Gasteiger partial charge < -0.3 is 15.5 Å². The summed E-state index contributed by atoms with van der Waals surface area (Å²) in [4.78, 5) is 16.5. The Morgan fingerprint density at radius 3 is 2.60 bits per heavy atom. The smallest absolute Gasteiger partial charge is 0.220 e. The number of carbonyl (C=O) groups excluding carboxylic acids is 1. The Morgan fingerprint density at radius 2 is 2.00 bits per heavy atom. The van der Waals surface area contributed by atoms with Crippen LogP contribution < -0.4 is 11.1 Å². The Morgan fingerprint density at radius 1 is 1.32 bits per heavy atom. The predicted octanol–water partition coefficient (Wildman–Crippen LogP) is 3.28. The van der Waals surface area contributed by atoms with E-state index in [1.54, 1.807) is 0 Å². The zero-order valence-electron chi connectivity index (χ0n) is 14.2. The highest BCUT2D eigenvalue weighted by Gasteiger charge is 2.31. The van der Waals surface area contributed by atoms with Gasteiger partial charge in [0.15, 0.2) is 11.7 Å². The van der Waals surface area contributed by atoms with Crippen molar-refractivity contribution in [2.45, 2.75) is 38.6 Å². The number of oxazole rings is 1. The molecule has 1 aliphatic rings. The Labute approximate surface area is 160 Å². The molecule has 1 atom stereocenters. The van der Waals surface area contributed by atoms with Gasteiger partial charge in [-0.3, -0.25) is 4.79 Å². The number of aromatic nitrogens is 1. The first-order chi connectivity index (χ1) is 11.2. The molecule has 0 radical (unpaired) electrons. The van der Waals surface area contributed by atoms with Crippen LogP contribution in [0.4, 0.5) is 0 Å². The van der Waals surface area contributed by atoms with E-state index in [9.17, 15) is 4.79 Å². The van der Waals surface area contributed by atoms with Crippen LogP contribution in [-0.2, 0) is 11.2 Å². The molecule has 2 aromatic rings. The van der Waals surface area contributed by atoms with Gasteiger partial charge in [0, 0.05) is 31.0 Å². The third-order valence-corrected chi connectivity index (χ3v) is 4.23. The lowest BCUT2D eigenvalue weighted by atomic mass is 10.1. The number of hydrogen-bond donors (Lipinski definition) is 2. The van der Waals surface area contributed by atoms with E-state index < -0.39 is 0 Å². The lowest BCUT2D eigenvalue weighted by molar-refractivity contribution is -0.121. The van der Waals surface area contributed by atoms with Crippen molar-refractivity contribution < 1.29 is 9.21 Å². The first-order valence-corrected chi connectivity index (χ1v) is 8.18. The maximum Gasteiger partial charge on any atom is 0.220 e. The van der Waals surface area contributed by atoms with Crippen LogP contribution in [0.15, 0.2) is 34.7 Å². The Hall–Kier alpha value is -1.56. The molecule has 25 heavy (non-hydrogen) atoms. The molecule has 0 saturated heterocycles. The highest BCUT2D eigenvalue weighted by Crippen LogP contribution is 2.32. The number of nitrogens with zero attached hydrogens (tertiary/aromatic N) is 1. The molecule has 0 aliphatic heterocycles.